The van der Waals surface area contributed by atoms with Crippen molar-refractivity contribution < 1.29 is 13.3 Å². The standard InChI is InChI=1S/C21H19N9O4S.ClH/c1-28(26-11-16-12-27-29-7-5-15(10-22)8-20(16)29)35(33,34)21-9-18(30(31)32)2-3-19(21)24-6-4-17-13-23-14-25-17;/h2-3,5,7-9,11-14,24H,4,6H2,1H3,(H,23,25);1H. The number of imidazole rings is 1. The van der Waals surface area contributed by atoms with Crippen LogP contribution in [0.1, 0.15) is 16.8 Å². The van der Waals surface area contributed by atoms with Crippen molar-refractivity contribution in [2.24, 2.45) is 5.10 Å². The average Bonchev–Trinajstić information content (AvgIpc) is 3.52. The summed E-state index contributed by atoms with van der Waals surface area (Å²) in [6, 6.07) is 8.81. The first kappa shape index (κ1) is 26.1. The van der Waals surface area contributed by atoms with Gasteiger partial charge in [-0.15, -0.1) is 12.4 Å². The molecule has 3 aromatic heterocycles. The smallest absolute Gasteiger partial charge is 0.281 e. The van der Waals surface area contributed by atoms with Crippen LogP contribution in [0.5, 0.6) is 0 Å². The third-order valence-electron chi connectivity index (χ3n) is 5.11. The number of aromatic amines is 1. The summed E-state index contributed by atoms with van der Waals surface area (Å²) in [6.45, 7) is 0.360. The maximum Gasteiger partial charge on any atom is 0.281 e. The predicted molar refractivity (Wildman–Crippen MR) is 134 cm³/mol. The van der Waals surface area contributed by atoms with E-state index in [1.807, 2.05) is 6.07 Å². The number of halogens is 1. The Balaban J connectivity index is 0.00000361. The SMILES string of the molecule is CN(N=Cc1cnn2ccc(C#N)cc12)S(=O)(=O)c1cc([N+](=O)[O-])ccc1NCCc1cnc[nH]1.Cl. The minimum atomic E-state index is -4.26. The molecule has 15 heteroatoms. The second kappa shape index (κ2) is 10.8. The zero-order valence-electron chi connectivity index (χ0n) is 18.8. The molecule has 2 N–H and O–H groups in total. The molecule has 0 saturated heterocycles. The molecule has 0 spiro atoms. The highest BCUT2D eigenvalue weighted by Crippen LogP contribution is 2.29. The highest BCUT2D eigenvalue weighted by atomic mass is 35.5. The van der Waals surface area contributed by atoms with Gasteiger partial charge in [0.2, 0.25) is 0 Å². The fourth-order valence-electron chi connectivity index (χ4n) is 3.25. The van der Waals surface area contributed by atoms with Gasteiger partial charge in [-0.2, -0.15) is 28.3 Å². The lowest BCUT2D eigenvalue weighted by atomic mass is 10.2. The van der Waals surface area contributed by atoms with Crippen LogP contribution in [-0.4, -0.2) is 57.1 Å². The number of hydrogen-bond donors (Lipinski definition) is 2. The van der Waals surface area contributed by atoms with Gasteiger partial charge in [0, 0.05) is 55.8 Å². The molecule has 0 amide bonds. The minimum absolute atomic E-state index is 0. The van der Waals surface area contributed by atoms with Crippen LogP contribution >= 0.6 is 12.4 Å². The van der Waals surface area contributed by atoms with Gasteiger partial charge in [0.15, 0.2) is 0 Å². The topological polar surface area (TPSA) is 175 Å². The molecule has 0 bridgehead atoms. The first-order valence-electron chi connectivity index (χ1n) is 10.2. The van der Waals surface area contributed by atoms with E-state index in [4.69, 9.17) is 5.26 Å². The van der Waals surface area contributed by atoms with Crippen LogP contribution in [0.25, 0.3) is 5.52 Å². The number of hydrogen-bond acceptors (Lipinski definition) is 9. The van der Waals surface area contributed by atoms with Gasteiger partial charge in [-0.25, -0.2) is 9.50 Å². The van der Waals surface area contributed by atoms with Crippen LogP contribution < -0.4 is 5.32 Å². The molecule has 3 heterocycles. The Morgan fingerprint density at radius 1 is 1.33 bits per heavy atom. The number of nitro benzene ring substituents is 1. The number of nitriles is 1. The van der Waals surface area contributed by atoms with E-state index in [-0.39, 0.29) is 28.7 Å². The molecule has 0 saturated carbocycles. The second-order valence-corrected chi connectivity index (χ2v) is 9.25. The van der Waals surface area contributed by atoms with Gasteiger partial charge < -0.3 is 10.3 Å². The van der Waals surface area contributed by atoms with Crippen LogP contribution in [0.3, 0.4) is 0 Å². The summed E-state index contributed by atoms with van der Waals surface area (Å²) in [5.41, 5.74) is 2.14. The molecule has 4 aromatic rings. The van der Waals surface area contributed by atoms with Crippen molar-refractivity contribution in [2.75, 3.05) is 18.9 Å². The van der Waals surface area contributed by atoms with Crippen LogP contribution in [0.4, 0.5) is 11.4 Å². The Labute approximate surface area is 211 Å². The molecule has 0 fully saturated rings. The van der Waals surface area contributed by atoms with E-state index in [0.29, 0.717) is 29.6 Å². The van der Waals surface area contributed by atoms with Gasteiger partial charge in [-0.05, 0) is 18.2 Å². The summed E-state index contributed by atoms with van der Waals surface area (Å²) >= 11 is 0. The number of fused-ring (bicyclic) bond motifs is 1. The van der Waals surface area contributed by atoms with E-state index >= 15 is 0 Å². The van der Waals surface area contributed by atoms with Gasteiger partial charge in [0.1, 0.15) is 4.90 Å². The molecule has 0 aliphatic rings. The summed E-state index contributed by atoms with van der Waals surface area (Å²) in [5, 5.41) is 31.6. The number of H-pyrrole nitrogens is 1. The maximum atomic E-state index is 13.3. The Morgan fingerprint density at radius 2 is 2.14 bits per heavy atom. The number of rotatable bonds is 9. The number of sulfonamides is 1. The van der Waals surface area contributed by atoms with Gasteiger partial charge in [-0.3, -0.25) is 10.1 Å². The molecule has 0 radical (unpaired) electrons. The first-order valence-corrected chi connectivity index (χ1v) is 11.6. The molecule has 186 valence electrons. The van der Waals surface area contributed by atoms with Crippen LogP contribution in [0.15, 0.2) is 65.2 Å². The number of aromatic nitrogens is 4. The third-order valence-corrected chi connectivity index (χ3v) is 6.79. The third kappa shape index (κ3) is 5.43. The predicted octanol–water partition coefficient (Wildman–Crippen LogP) is 2.57. The number of hydrazone groups is 1. The number of nitro groups is 1. The first-order chi connectivity index (χ1) is 16.8. The molecule has 1 aromatic carbocycles. The molecule has 0 atom stereocenters. The summed E-state index contributed by atoms with van der Waals surface area (Å²) in [4.78, 5) is 17.2. The summed E-state index contributed by atoms with van der Waals surface area (Å²) in [6.07, 6.45) is 8.10. The monoisotopic (exact) mass is 529 g/mol. The highest BCUT2D eigenvalue weighted by Gasteiger charge is 2.26. The maximum absolute atomic E-state index is 13.3. The van der Waals surface area contributed by atoms with Gasteiger partial charge in [-0.1, -0.05) is 0 Å². The van der Waals surface area contributed by atoms with E-state index in [2.05, 4.69) is 25.5 Å². The zero-order valence-corrected chi connectivity index (χ0v) is 20.4. The van der Waals surface area contributed by atoms with Crippen molar-refractivity contribution in [2.45, 2.75) is 11.3 Å². The van der Waals surface area contributed by atoms with E-state index < -0.39 is 14.9 Å². The number of pyridine rings is 1. The number of non-ortho nitro benzene ring substituents is 1. The highest BCUT2D eigenvalue weighted by molar-refractivity contribution is 7.89. The lowest BCUT2D eigenvalue weighted by Gasteiger charge is -2.17. The van der Waals surface area contributed by atoms with Crippen molar-refractivity contribution in [3.63, 3.8) is 0 Å². The molecule has 4 rings (SSSR count). The fraction of sp³-hybridized carbons (Fsp3) is 0.143. The Morgan fingerprint density at radius 3 is 2.83 bits per heavy atom. The van der Waals surface area contributed by atoms with E-state index in [1.165, 1.54) is 42.4 Å². The molecule has 0 unspecified atom stereocenters. The van der Waals surface area contributed by atoms with E-state index in [1.54, 1.807) is 24.5 Å². The number of nitrogens with zero attached hydrogens (tertiary/aromatic N) is 7. The molecule has 0 aliphatic heterocycles. The Kier molecular flexibility index (Phi) is 7.87. The molecule has 36 heavy (non-hydrogen) atoms. The van der Waals surface area contributed by atoms with Crippen LogP contribution in [0, 0.1) is 21.4 Å². The van der Waals surface area contributed by atoms with Crippen molar-refractivity contribution in [1.29, 1.82) is 5.26 Å². The van der Waals surface area contributed by atoms with Crippen molar-refractivity contribution in [3.8, 4) is 6.07 Å². The number of anilines is 1. The zero-order chi connectivity index (χ0) is 25.0. The average molecular weight is 530 g/mol. The van der Waals surface area contributed by atoms with E-state index in [0.717, 1.165) is 16.2 Å². The molecular weight excluding hydrogens is 510 g/mol. The minimum Gasteiger partial charge on any atom is -0.384 e. The number of nitrogens with one attached hydrogen (secondary N) is 2. The van der Waals surface area contributed by atoms with Crippen molar-refractivity contribution in [1.82, 2.24) is 24.0 Å². The Bertz CT molecular complexity index is 1560. The number of benzene rings is 1. The normalized spacial score (nSPS) is 11.2. The molecular formula is C21H20ClN9O4S. The van der Waals surface area contributed by atoms with Crippen molar-refractivity contribution >= 4 is 45.5 Å². The lowest BCUT2D eigenvalue weighted by Crippen LogP contribution is -2.23. The quantitative estimate of drug-likeness (QED) is 0.189. The summed E-state index contributed by atoms with van der Waals surface area (Å²) in [7, 11) is -3.03. The summed E-state index contributed by atoms with van der Waals surface area (Å²) < 4.78 is 28.9. The Hall–Kier alpha value is -4.48. The van der Waals surface area contributed by atoms with Gasteiger partial charge >= 0.3 is 0 Å². The van der Waals surface area contributed by atoms with Crippen molar-refractivity contribution in [3.05, 3.63) is 82.2 Å². The van der Waals surface area contributed by atoms with Crippen LogP contribution in [0.2, 0.25) is 0 Å². The fourth-order valence-corrected chi connectivity index (χ4v) is 4.40. The van der Waals surface area contributed by atoms with Gasteiger partial charge in [0.05, 0.1) is 46.5 Å². The van der Waals surface area contributed by atoms with Crippen LogP contribution in [-0.2, 0) is 16.4 Å². The largest absolute Gasteiger partial charge is 0.384 e. The second-order valence-electron chi connectivity index (χ2n) is 7.33. The summed E-state index contributed by atoms with van der Waals surface area (Å²) in [5.74, 6) is 0. The molecule has 13 nitrogen and oxygen atoms in total. The van der Waals surface area contributed by atoms with E-state index in [9.17, 15) is 18.5 Å². The van der Waals surface area contributed by atoms with Gasteiger partial charge in [0.25, 0.3) is 15.7 Å². The molecule has 0 aliphatic carbocycles. The lowest BCUT2D eigenvalue weighted by molar-refractivity contribution is -0.385.